The Bertz CT molecular complexity index is 811. The van der Waals surface area contributed by atoms with E-state index in [0.29, 0.717) is 5.75 Å². The lowest BCUT2D eigenvalue weighted by Crippen LogP contribution is -2.08. The summed E-state index contributed by atoms with van der Waals surface area (Å²) in [5.41, 5.74) is 5.10. The number of benzene rings is 2. The van der Waals surface area contributed by atoms with E-state index in [2.05, 4.69) is 33.1 Å². The van der Waals surface area contributed by atoms with Gasteiger partial charge >= 0.3 is 0 Å². The highest BCUT2D eigenvalue weighted by atomic mass is 79.9. The van der Waals surface area contributed by atoms with Crippen LogP contribution >= 0.6 is 15.9 Å². The third-order valence-electron chi connectivity index (χ3n) is 4.08. The van der Waals surface area contributed by atoms with Crippen LogP contribution in [0, 0.1) is 0 Å². The summed E-state index contributed by atoms with van der Waals surface area (Å²) in [4.78, 5) is 0. The molecule has 0 saturated carbocycles. The van der Waals surface area contributed by atoms with Gasteiger partial charge in [0, 0.05) is 27.7 Å². The lowest BCUT2D eigenvalue weighted by atomic mass is 9.94. The highest BCUT2D eigenvalue weighted by Gasteiger charge is 2.20. The Morgan fingerprint density at radius 1 is 1.00 bits per heavy atom. The summed E-state index contributed by atoms with van der Waals surface area (Å²) >= 11 is 3.48. The van der Waals surface area contributed by atoms with E-state index in [9.17, 15) is 0 Å². The molecular formula is C19H19BrN2O2. The fourth-order valence-corrected chi connectivity index (χ4v) is 3.00. The van der Waals surface area contributed by atoms with Gasteiger partial charge in [-0.15, -0.1) is 5.10 Å². The molecule has 0 amide bonds. The fraction of sp³-hybridized carbons (Fsp3) is 0.263. The van der Waals surface area contributed by atoms with Crippen LogP contribution in [0.25, 0.3) is 0 Å². The van der Waals surface area contributed by atoms with Gasteiger partial charge < -0.3 is 9.47 Å². The van der Waals surface area contributed by atoms with Gasteiger partial charge in [-0.1, -0.05) is 35.0 Å². The SMILES string of the molecule is CCC1=NN=C(c2ccc(Br)cc2)c2cc(OC)c(OC)cc2C1. The summed E-state index contributed by atoms with van der Waals surface area (Å²) in [6, 6.07) is 12.1. The highest BCUT2D eigenvalue weighted by molar-refractivity contribution is 9.10. The molecule has 0 aliphatic carbocycles. The first-order valence-electron chi connectivity index (χ1n) is 7.80. The number of hydrogen-bond acceptors (Lipinski definition) is 4. The monoisotopic (exact) mass is 386 g/mol. The second kappa shape index (κ2) is 7.18. The van der Waals surface area contributed by atoms with Crippen LogP contribution in [0.3, 0.4) is 0 Å². The Labute approximate surface area is 150 Å². The van der Waals surface area contributed by atoms with Crippen molar-refractivity contribution in [1.29, 1.82) is 0 Å². The quantitative estimate of drug-likeness (QED) is 0.768. The van der Waals surface area contributed by atoms with E-state index in [1.807, 2.05) is 36.4 Å². The van der Waals surface area contributed by atoms with E-state index in [4.69, 9.17) is 9.47 Å². The summed E-state index contributed by atoms with van der Waals surface area (Å²) in [6.45, 7) is 2.10. The van der Waals surface area contributed by atoms with Gasteiger partial charge in [-0.3, -0.25) is 0 Å². The number of fused-ring (bicyclic) bond motifs is 1. The first-order chi connectivity index (χ1) is 11.7. The van der Waals surface area contributed by atoms with Crippen molar-refractivity contribution >= 4 is 27.4 Å². The molecule has 1 heterocycles. The topological polar surface area (TPSA) is 43.2 Å². The largest absolute Gasteiger partial charge is 0.493 e. The molecule has 0 N–H and O–H groups in total. The summed E-state index contributed by atoms with van der Waals surface area (Å²) in [5.74, 6) is 1.42. The lowest BCUT2D eigenvalue weighted by molar-refractivity contribution is 0.354. The minimum atomic E-state index is 0.695. The Hall–Kier alpha value is -2.14. The molecule has 1 aliphatic rings. The second-order valence-corrected chi connectivity index (χ2v) is 6.43. The molecule has 2 aromatic rings. The summed E-state index contributed by atoms with van der Waals surface area (Å²) in [6.07, 6.45) is 1.63. The van der Waals surface area contributed by atoms with E-state index in [1.165, 1.54) is 0 Å². The molecule has 0 saturated heterocycles. The molecule has 24 heavy (non-hydrogen) atoms. The van der Waals surface area contributed by atoms with Crippen molar-refractivity contribution in [3.8, 4) is 11.5 Å². The second-order valence-electron chi connectivity index (χ2n) is 5.52. The highest BCUT2D eigenvalue weighted by Crippen LogP contribution is 2.33. The predicted octanol–water partition coefficient (Wildman–Crippen LogP) is 4.63. The minimum Gasteiger partial charge on any atom is -0.493 e. The van der Waals surface area contributed by atoms with Crippen LogP contribution in [0.15, 0.2) is 51.1 Å². The molecule has 0 atom stereocenters. The molecule has 0 spiro atoms. The smallest absolute Gasteiger partial charge is 0.161 e. The Morgan fingerprint density at radius 2 is 1.67 bits per heavy atom. The molecule has 5 heteroatoms. The Morgan fingerprint density at radius 3 is 2.29 bits per heavy atom. The summed E-state index contributed by atoms with van der Waals surface area (Å²) in [7, 11) is 3.30. The van der Waals surface area contributed by atoms with Crippen molar-refractivity contribution in [2.45, 2.75) is 19.8 Å². The van der Waals surface area contributed by atoms with Gasteiger partial charge in [0.2, 0.25) is 0 Å². The summed E-state index contributed by atoms with van der Waals surface area (Å²) < 4.78 is 12.0. The van der Waals surface area contributed by atoms with E-state index >= 15 is 0 Å². The zero-order valence-corrected chi connectivity index (χ0v) is 15.6. The zero-order valence-electron chi connectivity index (χ0n) is 14.0. The van der Waals surface area contributed by atoms with Gasteiger partial charge in [-0.2, -0.15) is 5.10 Å². The number of nitrogens with zero attached hydrogens (tertiary/aromatic N) is 2. The Balaban J connectivity index is 2.20. The average molecular weight is 387 g/mol. The fourth-order valence-electron chi connectivity index (χ4n) is 2.73. The minimum absolute atomic E-state index is 0.695. The molecule has 4 nitrogen and oxygen atoms in total. The first-order valence-corrected chi connectivity index (χ1v) is 8.60. The Kier molecular flexibility index (Phi) is 5.00. The van der Waals surface area contributed by atoms with Crippen LogP contribution in [0.2, 0.25) is 0 Å². The van der Waals surface area contributed by atoms with Crippen molar-refractivity contribution in [3.05, 3.63) is 57.6 Å². The van der Waals surface area contributed by atoms with Crippen LogP contribution in [-0.2, 0) is 6.42 Å². The molecule has 2 aromatic carbocycles. The number of halogens is 1. The normalized spacial score (nSPS) is 13.5. The van der Waals surface area contributed by atoms with Crippen molar-refractivity contribution < 1.29 is 9.47 Å². The van der Waals surface area contributed by atoms with Gasteiger partial charge in [-0.25, -0.2) is 0 Å². The predicted molar refractivity (Wildman–Crippen MR) is 101 cm³/mol. The maximum absolute atomic E-state index is 5.47. The van der Waals surface area contributed by atoms with Gasteiger partial charge in [0.25, 0.3) is 0 Å². The molecule has 124 valence electrons. The lowest BCUT2D eigenvalue weighted by Gasteiger charge is -2.15. The van der Waals surface area contributed by atoms with Crippen LogP contribution in [0.1, 0.15) is 30.0 Å². The van der Waals surface area contributed by atoms with Gasteiger partial charge in [0.05, 0.1) is 14.2 Å². The first kappa shape index (κ1) is 16.7. The third kappa shape index (κ3) is 3.22. The van der Waals surface area contributed by atoms with Crippen molar-refractivity contribution in [3.63, 3.8) is 0 Å². The molecule has 1 aliphatic heterocycles. The van der Waals surface area contributed by atoms with Gasteiger partial charge in [0.1, 0.15) is 5.71 Å². The van der Waals surface area contributed by atoms with Crippen molar-refractivity contribution in [1.82, 2.24) is 0 Å². The van der Waals surface area contributed by atoms with E-state index < -0.39 is 0 Å². The van der Waals surface area contributed by atoms with Crippen molar-refractivity contribution in [2.24, 2.45) is 10.2 Å². The molecule has 0 aromatic heterocycles. The van der Waals surface area contributed by atoms with E-state index in [1.54, 1.807) is 14.2 Å². The molecule has 0 radical (unpaired) electrons. The molecule has 0 fully saturated rings. The number of ether oxygens (including phenoxy) is 2. The molecule has 0 unspecified atom stereocenters. The zero-order chi connectivity index (χ0) is 17.1. The van der Waals surface area contributed by atoms with Gasteiger partial charge in [0.15, 0.2) is 11.5 Å². The van der Waals surface area contributed by atoms with Crippen LogP contribution < -0.4 is 9.47 Å². The standard InChI is InChI=1S/C19H19BrN2O2/c1-4-15-9-13-10-17(23-2)18(24-3)11-16(13)19(22-21-15)12-5-7-14(20)8-6-12/h5-8,10-11H,4,9H2,1-3H3. The van der Waals surface area contributed by atoms with Crippen LogP contribution in [0.4, 0.5) is 0 Å². The van der Waals surface area contributed by atoms with E-state index in [0.717, 1.165) is 51.2 Å². The number of hydrogen-bond donors (Lipinski definition) is 0. The van der Waals surface area contributed by atoms with Crippen LogP contribution in [0.5, 0.6) is 11.5 Å². The average Bonchev–Trinajstić information content (AvgIpc) is 2.79. The third-order valence-corrected chi connectivity index (χ3v) is 4.60. The maximum Gasteiger partial charge on any atom is 0.161 e. The maximum atomic E-state index is 5.47. The van der Waals surface area contributed by atoms with Crippen LogP contribution in [-0.4, -0.2) is 25.6 Å². The molecule has 3 rings (SSSR count). The number of methoxy groups -OCH3 is 2. The number of rotatable bonds is 4. The molecular weight excluding hydrogens is 368 g/mol. The summed E-state index contributed by atoms with van der Waals surface area (Å²) in [5, 5.41) is 9.00. The molecule has 0 bridgehead atoms. The van der Waals surface area contributed by atoms with Crippen molar-refractivity contribution in [2.75, 3.05) is 14.2 Å². The van der Waals surface area contributed by atoms with Gasteiger partial charge in [-0.05, 0) is 36.2 Å². The van der Waals surface area contributed by atoms with E-state index in [-0.39, 0.29) is 0 Å².